The van der Waals surface area contributed by atoms with E-state index >= 15 is 0 Å². The second-order valence-corrected chi connectivity index (χ2v) is 3.91. The molecule has 0 bridgehead atoms. The lowest BCUT2D eigenvalue weighted by atomic mass is 9.99. The molecule has 1 rings (SSSR count). The molecular formula is C11H16N2O5. The first-order chi connectivity index (χ1) is 8.49. The first-order valence-electron chi connectivity index (χ1n) is 5.54. The van der Waals surface area contributed by atoms with E-state index in [1.165, 1.54) is 13.2 Å². The van der Waals surface area contributed by atoms with Gasteiger partial charge < -0.3 is 19.7 Å². The molecule has 18 heavy (non-hydrogen) atoms. The van der Waals surface area contributed by atoms with Crippen LogP contribution in [0, 0.1) is 5.92 Å². The maximum atomic E-state index is 11.7. The van der Waals surface area contributed by atoms with Crippen molar-refractivity contribution in [2.24, 2.45) is 5.92 Å². The molecule has 2 N–H and O–H groups in total. The largest absolute Gasteiger partial charge is 0.480 e. The number of nitrogens with zero attached hydrogens (tertiary/aromatic N) is 1. The number of carboxylic acid groups (broad SMARTS) is 1. The molecule has 0 aliphatic carbocycles. The van der Waals surface area contributed by atoms with Crippen LogP contribution in [0.15, 0.2) is 10.6 Å². The highest BCUT2D eigenvalue weighted by Gasteiger charge is 2.27. The Morgan fingerprint density at radius 2 is 2.28 bits per heavy atom. The number of ether oxygens (including phenoxy) is 1. The number of carbonyl (C=O) groups excluding carboxylic acids is 1. The van der Waals surface area contributed by atoms with Gasteiger partial charge in [0, 0.05) is 0 Å². The van der Waals surface area contributed by atoms with Gasteiger partial charge in [-0.1, -0.05) is 20.3 Å². The minimum absolute atomic E-state index is 0.0820. The number of rotatable bonds is 6. The van der Waals surface area contributed by atoms with Gasteiger partial charge >= 0.3 is 5.97 Å². The maximum Gasteiger partial charge on any atom is 0.326 e. The Labute approximate surface area is 104 Å². The molecule has 7 nitrogen and oxygen atoms in total. The maximum absolute atomic E-state index is 11.7. The van der Waals surface area contributed by atoms with Crippen LogP contribution in [0.2, 0.25) is 0 Å². The zero-order valence-electron chi connectivity index (χ0n) is 10.5. The van der Waals surface area contributed by atoms with Crippen LogP contribution in [-0.2, 0) is 4.79 Å². The summed E-state index contributed by atoms with van der Waals surface area (Å²) in [6.45, 7) is 3.60. The summed E-state index contributed by atoms with van der Waals surface area (Å²) in [6.07, 6.45) is 0.636. The smallest absolute Gasteiger partial charge is 0.326 e. The predicted octanol–water partition coefficient (Wildman–Crippen LogP) is 0.912. The van der Waals surface area contributed by atoms with Crippen molar-refractivity contribution in [3.05, 3.63) is 11.8 Å². The molecule has 0 aliphatic rings. The molecule has 0 spiro atoms. The van der Waals surface area contributed by atoms with E-state index in [9.17, 15) is 9.59 Å². The van der Waals surface area contributed by atoms with Crippen molar-refractivity contribution in [2.75, 3.05) is 7.11 Å². The zero-order valence-corrected chi connectivity index (χ0v) is 10.5. The Bertz CT molecular complexity index is 429. The normalized spacial score (nSPS) is 13.7. The number of methoxy groups -OCH3 is 1. The highest BCUT2D eigenvalue weighted by atomic mass is 16.5. The molecule has 0 fully saturated rings. The highest BCUT2D eigenvalue weighted by Crippen LogP contribution is 2.12. The Hall–Kier alpha value is -2.05. The summed E-state index contributed by atoms with van der Waals surface area (Å²) in [5.74, 6) is -1.81. The summed E-state index contributed by atoms with van der Waals surface area (Å²) in [5.41, 5.74) is 0. The fraction of sp³-hybridized carbons (Fsp3) is 0.545. The minimum atomic E-state index is -1.08. The number of hydrogen-bond acceptors (Lipinski definition) is 5. The summed E-state index contributed by atoms with van der Waals surface area (Å²) in [7, 11) is 1.39. The SMILES string of the molecule is CCC(C)C(NC(=O)c1cc(OC)no1)C(=O)O. The van der Waals surface area contributed by atoms with E-state index in [0.29, 0.717) is 6.42 Å². The molecule has 0 aliphatic heterocycles. The average Bonchev–Trinajstić information content (AvgIpc) is 2.83. The Balaban J connectivity index is 2.75. The van der Waals surface area contributed by atoms with Gasteiger partial charge in [0.05, 0.1) is 13.2 Å². The molecule has 1 heterocycles. The number of carbonyl (C=O) groups is 2. The molecule has 1 amide bonds. The molecule has 0 saturated heterocycles. The van der Waals surface area contributed by atoms with E-state index in [0.717, 1.165) is 0 Å². The molecular weight excluding hydrogens is 240 g/mol. The Morgan fingerprint density at radius 1 is 1.61 bits per heavy atom. The van der Waals surface area contributed by atoms with Gasteiger partial charge in [0.15, 0.2) is 0 Å². The molecule has 2 atom stereocenters. The highest BCUT2D eigenvalue weighted by molar-refractivity contribution is 5.94. The van der Waals surface area contributed by atoms with E-state index in [4.69, 9.17) is 14.4 Å². The van der Waals surface area contributed by atoms with E-state index in [1.54, 1.807) is 6.92 Å². The van der Waals surface area contributed by atoms with E-state index in [-0.39, 0.29) is 17.6 Å². The summed E-state index contributed by atoms with van der Waals surface area (Å²) < 4.78 is 9.50. The third-order valence-corrected chi connectivity index (χ3v) is 2.69. The number of hydrogen-bond donors (Lipinski definition) is 2. The van der Waals surface area contributed by atoms with Crippen molar-refractivity contribution < 1.29 is 24.0 Å². The molecule has 7 heteroatoms. The van der Waals surface area contributed by atoms with Crippen LogP contribution in [0.5, 0.6) is 5.88 Å². The number of amides is 1. The molecule has 0 aromatic carbocycles. The van der Waals surface area contributed by atoms with Gasteiger partial charge in [-0.2, -0.15) is 0 Å². The van der Waals surface area contributed by atoms with E-state index < -0.39 is 17.9 Å². The Kier molecular flexibility index (Phi) is 4.70. The van der Waals surface area contributed by atoms with Gasteiger partial charge in [0.1, 0.15) is 6.04 Å². The van der Waals surface area contributed by atoms with Crippen molar-refractivity contribution in [2.45, 2.75) is 26.3 Å². The van der Waals surface area contributed by atoms with E-state index in [2.05, 4.69) is 10.5 Å². The van der Waals surface area contributed by atoms with Crippen LogP contribution in [0.4, 0.5) is 0 Å². The van der Waals surface area contributed by atoms with Crippen LogP contribution in [0.3, 0.4) is 0 Å². The van der Waals surface area contributed by atoms with Crippen LogP contribution >= 0.6 is 0 Å². The zero-order chi connectivity index (χ0) is 13.7. The summed E-state index contributed by atoms with van der Waals surface area (Å²) in [6, 6.07) is 0.337. The molecule has 1 aromatic rings. The van der Waals surface area contributed by atoms with Gasteiger partial charge in [-0.3, -0.25) is 4.79 Å². The van der Waals surface area contributed by atoms with Gasteiger partial charge in [-0.05, 0) is 11.1 Å². The summed E-state index contributed by atoms with van der Waals surface area (Å²) in [4.78, 5) is 22.8. The predicted molar refractivity (Wildman–Crippen MR) is 61.4 cm³/mol. The van der Waals surface area contributed by atoms with Gasteiger partial charge in [0.25, 0.3) is 11.8 Å². The van der Waals surface area contributed by atoms with Gasteiger partial charge in [-0.15, -0.1) is 0 Å². The fourth-order valence-electron chi connectivity index (χ4n) is 1.36. The first-order valence-corrected chi connectivity index (χ1v) is 5.54. The third-order valence-electron chi connectivity index (χ3n) is 2.69. The standard InChI is InChI=1S/C11H16N2O5/c1-4-6(2)9(11(15)16)12-10(14)7-5-8(17-3)13-18-7/h5-6,9H,4H2,1-3H3,(H,12,14)(H,15,16). The van der Waals surface area contributed by atoms with Crippen LogP contribution in [0.1, 0.15) is 30.8 Å². The van der Waals surface area contributed by atoms with E-state index in [1.807, 2.05) is 6.92 Å². The number of aromatic nitrogens is 1. The van der Waals surface area contributed by atoms with Crippen LogP contribution < -0.4 is 10.1 Å². The monoisotopic (exact) mass is 256 g/mol. The molecule has 100 valence electrons. The number of aliphatic carboxylic acids is 1. The summed E-state index contributed by atoms with van der Waals surface area (Å²) >= 11 is 0. The minimum Gasteiger partial charge on any atom is -0.480 e. The molecule has 0 saturated carbocycles. The quantitative estimate of drug-likeness (QED) is 0.784. The molecule has 1 aromatic heterocycles. The third kappa shape index (κ3) is 3.22. The number of carboxylic acids is 1. The second kappa shape index (κ2) is 6.04. The van der Waals surface area contributed by atoms with Crippen molar-refractivity contribution >= 4 is 11.9 Å². The first kappa shape index (κ1) is 14.0. The van der Waals surface area contributed by atoms with Crippen molar-refractivity contribution in [1.29, 1.82) is 0 Å². The fourth-order valence-corrected chi connectivity index (χ4v) is 1.36. The van der Waals surface area contributed by atoms with Crippen molar-refractivity contribution in [3.8, 4) is 5.88 Å². The topological polar surface area (TPSA) is 102 Å². The lowest BCUT2D eigenvalue weighted by Gasteiger charge is -2.19. The second-order valence-electron chi connectivity index (χ2n) is 3.91. The lowest BCUT2D eigenvalue weighted by Crippen LogP contribution is -2.44. The lowest BCUT2D eigenvalue weighted by molar-refractivity contribution is -0.140. The Morgan fingerprint density at radius 3 is 2.72 bits per heavy atom. The van der Waals surface area contributed by atoms with Crippen LogP contribution in [0.25, 0.3) is 0 Å². The van der Waals surface area contributed by atoms with Crippen molar-refractivity contribution in [3.63, 3.8) is 0 Å². The molecule has 2 unspecified atom stereocenters. The average molecular weight is 256 g/mol. The van der Waals surface area contributed by atoms with Gasteiger partial charge in [0.2, 0.25) is 5.76 Å². The summed E-state index contributed by atoms with van der Waals surface area (Å²) in [5, 5.41) is 14.9. The van der Waals surface area contributed by atoms with Gasteiger partial charge in [-0.25, -0.2) is 4.79 Å². The molecule has 0 radical (unpaired) electrons. The number of nitrogens with one attached hydrogen (secondary N) is 1. The van der Waals surface area contributed by atoms with Crippen molar-refractivity contribution in [1.82, 2.24) is 10.5 Å². The van der Waals surface area contributed by atoms with Crippen LogP contribution in [-0.4, -0.2) is 35.3 Å².